The summed E-state index contributed by atoms with van der Waals surface area (Å²) in [7, 11) is 1.59. The van der Waals surface area contributed by atoms with Gasteiger partial charge in [-0.05, 0) is 30.3 Å². The lowest BCUT2D eigenvalue weighted by Crippen LogP contribution is -2.24. The Labute approximate surface area is 158 Å². The van der Waals surface area contributed by atoms with E-state index in [9.17, 15) is 9.59 Å². The van der Waals surface area contributed by atoms with Crippen LogP contribution < -0.4 is 9.47 Å². The fraction of sp³-hybridized carbons (Fsp3) is 0.200. The van der Waals surface area contributed by atoms with Crippen molar-refractivity contribution in [1.29, 1.82) is 0 Å². The molecule has 0 N–H and O–H groups in total. The SMILES string of the molecule is COc1ccc(Br)cc1[C@@H]1CC(=O)Oc2c1n(C(C)=O)c1ccccc21. The van der Waals surface area contributed by atoms with Gasteiger partial charge in [0.25, 0.3) is 0 Å². The first-order valence-corrected chi connectivity index (χ1v) is 8.99. The molecule has 2 aromatic carbocycles. The second-order valence-electron chi connectivity index (χ2n) is 6.20. The van der Waals surface area contributed by atoms with Gasteiger partial charge in [-0.3, -0.25) is 14.2 Å². The van der Waals surface area contributed by atoms with Crippen molar-refractivity contribution >= 4 is 38.7 Å². The van der Waals surface area contributed by atoms with Gasteiger partial charge in [-0.2, -0.15) is 0 Å². The summed E-state index contributed by atoms with van der Waals surface area (Å²) in [4.78, 5) is 24.8. The minimum absolute atomic E-state index is 0.126. The van der Waals surface area contributed by atoms with E-state index in [0.29, 0.717) is 17.2 Å². The average Bonchev–Trinajstić information content (AvgIpc) is 2.95. The molecule has 1 atom stereocenters. The predicted octanol–water partition coefficient (Wildman–Crippen LogP) is 4.51. The number of para-hydroxylation sites is 1. The quantitative estimate of drug-likeness (QED) is 0.579. The van der Waals surface area contributed by atoms with E-state index in [-0.39, 0.29) is 24.2 Å². The van der Waals surface area contributed by atoms with Crippen LogP contribution in [0.5, 0.6) is 11.5 Å². The zero-order valence-electron chi connectivity index (χ0n) is 14.3. The van der Waals surface area contributed by atoms with Gasteiger partial charge in [0, 0.05) is 28.3 Å². The molecule has 0 radical (unpaired) electrons. The van der Waals surface area contributed by atoms with Crippen molar-refractivity contribution in [2.45, 2.75) is 19.3 Å². The van der Waals surface area contributed by atoms with Crippen LogP contribution in [0.25, 0.3) is 10.9 Å². The maximum absolute atomic E-state index is 12.5. The molecule has 26 heavy (non-hydrogen) atoms. The van der Waals surface area contributed by atoms with Gasteiger partial charge in [0.2, 0.25) is 5.91 Å². The lowest BCUT2D eigenvalue weighted by Gasteiger charge is -2.25. The summed E-state index contributed by atoms with van der Waals surface area (Å²) < 4.78 is 13.6. The van der Waals surface area contributed by atoms with Crippen LogP contribution in [0.1, 0.15) is 35.3 Å². The summed E-state index contributed by atoms with van der Waals surface area (Å²) in [5, 5.41) is 0.754. The van der Waals surface area contributed by atoms with Gasteiger partial charge in [-0.1, -0.05) is 28.1 Å². The molecule has 0 aliphatic carbocycles. The molecule has 0 bridgehead atoms. The standard InChI is InChI=1S/C20H16BrNO4/c1-11(23)22-16-6-4-3-5-13(16)20-19(22)15(10-18(24)26-20)14-9-12(21)7-8-17(14)25-2/h3-9,15H,10H2,1-2H3/t15-/m0/s1. The number of ether oxygens (including phenoxy) is 2. The van der Waals surface area contributed by atoms with Crippen LogP contribution in [-0.4, -0.2) is 23.6 Å². The first-order chi connectivity index (χ1) is 12.5. The zero-order valence-corrected chi connectivity index (χ0v) is 15.9. The third-order valence-electron chi connectivity index (χ3n) is 4.66. The Morgan fingerprint density at radius 3 is 2.77 bits per heavy atom. The molecule has 132 valence electrons. The molecule has 2 heterocycles. The van der Waals surface area contributed by atoms with Crippen LogP contribution in [-0.2, 0) is 4.79 Å². The van der Waals surface area contributed by atoms with Crippen molar-refractivity contribution in [2.24, 2.45) is 0 Å². The van der Waals surface area contributed by atoms with Gasteiger partial charge >= 0.3 is 5.97 Å². The highest BCUT2D eigenvalue weighted by molar-refractivity contribution is 9.10. The Morgan fingerprint density at radius 1 is 1.27 bits per heavy atom. The van der Waals surface area contributed by atoms with Gasteiger partial charge in [0.1, 0.15) is 5.75 Å². The lowest BCUT2D eigenvalue weighted by atomic mass is 9.89. The van der Waals surface area contributed by atoms with E-state index in [2.05, 4.69) is 15.9 Å². The molecular weight excluding hydrogens is 398 g/mol. The highest BCUT2D eigenvalue weighted by Crippen LogP contribution is 2.47. The fourth-order valence-corrected chi connectivity index (χ4v) is 4.02. The molecule has 6 heteroatoms. The van der Waals surface area contributed by atoms with Crippen molar-refractivity contribution in [2.75, 3.05) is 7.11 Å². The third-order valence-corrected chi connectivity index (χ3v) is 5.16. The van der Waals surface area contributed by atoms with Crippen molar-refractivity contribution in [3.63, 3.8) is 0 Å². The second-order valence-corrected chi connectivity index (χ2v) is 7.12. The third kappa shape index (κ3) is 2.52. The van der Waals surface area contributed by atoms with Crippen molar-refractivity contribution < 1.29 is 19.1 Å². The monoisotopic (exact) mass is 413 g/mol. The van der Waals surface area contributed by atoms with E-state index in [1.165, 1.54) is 6.92 Å². The lowest BCUT2D eigenvalue weighted by molar-refractivity contribution is -0.135. The highest BCUT2D eigenvalue weighted by Gasteiger charge is 2.36. The number of benzene rings is 2. The highest BCUT2D eigenvalue weighted by atomic mass is 79.9. The molecule has 1 aliphatic heterocycles. The number of esters is 1. The maximum Gasteiger partial charge on any atom is 0.312 e. The van der Waals surface area contributed by atoms with Crippen LogP contribution in [0.3, 0.4) is 0 Å². The molecule has 0 fully saturated rings. The Hall–Kier alpha value is -2.60. The molecule has 0 saturated carbocycles. The molecular formula is C20H16BrNO4. The van der Waals surface area contributed by atoms with E-state index in [0.717, 1.165) is 20.9 Å². The summed E-state index contributed by atoms with van der Waals surface area (Å²) in [6.45, 7) is 1.51. The number of carbonyl (C=O) groups excluding carboxylic acids is 2. The number of rotatable bonds is 2. The summed E-state index contributed by atoms with van der Waals surface area (Å²) in [5.74, 6) is 0.337. The number of carbonyl (C=O) groups is 2. The molecule has 4 rings (SSSR count). The summed E-state index contributed by atoms with van der Waals surface area (Å²) in [6, 6.07) is 13.1. The number of aromatic nitrogens is 1. The zero-order chi connectivity index (χ0) is 18.4. The fourth-order valence-electron chi connectivity index (χ4n) is 3.64. The topological polar surface area (TPSA) is 57.5 Å². The van der Waals surface area contributed by atoms with Gasteiger partial charge in [0.05, 0.1) is 24.7 Å². The van der Waals surface area contributed by atoms with Crippen LogP contribution in [0.2, 0.25) is 0 Å². The Morgan fingerprint density at radius 2 is 2.04 bits per heavy atom. The molecule has 3 aromatic rings. The predicted molar refractivity (Wildman–Crippen MR) is 101 cm³/mol. The smallest absolute Gasteiger partial charge is 0.312 e. The van der Waals surface area contributed by atoms with Gasteiger partial charge in [-0.25, -0.2) is 0 Å². The largest absolute Gasteiger partial charge is 0.496 e. The van der Waals surface area contributed by atoms with Gasteiger partial charge in [-0.15, -0.1) is 0 Å². The molecule has 0 amide bonds. The number of hydrogen-bond donors (Lipinski definition) is 0. The molecule has 0 saturated heterocycles. The van der Waals surface area contributed by atoms with Gasteiger partial charge in [0.15, 0.2) is 5.75 Å². The van der Waals surface area contributed by atoms with Crippen LogP contribution in [0, 0.1) is 0 Å². The second kappa shape index (κ2) is 6.29. The van der Waals surface area contributed by atoms with Crippen LogP contribution >= 0.6 is 15.9 Å². The van der Waals surface area contributed by atoms with Gasteiger partial charge < -0.3 is 9.47 Å². The van der Waals surface area contributed by atoms with Crippen molar-refractivity contribution in [1.82, 2.24) is 4.57 Å². The minimum atomic E-state index is -0.338. The minimum Gasteiger partial charge on any atom is -0.496 e. The van der Waals surface area contributed by atoms with E-state index < -0.39 is 0 Å². The van der Waals surface area contributed by atoms with Crippen LogP contribution in [0.15, 0.2) is 46.9 Å². The molecule has 1 aromatic heterocycles. The Kier molecular flexibility index (Phi) is 4.07. The molecule has 1 aliphatic rings. The average molecular weight is 414 g/mol. The molecule has 0 unspecified atom stereocenters. The molecule has 5 nitrogen and oxygen atoms in total. The van der Waals surface area contributed by atoms with Crippen LogP contribution in [0.4, 0.5) is 0 Å². The van der Waals surface area contributed by atoms with Crippen molar-refractivity contribution in [3.8, 4) is 11.5 Å². The first-order valence-electron chi connectivity index (χ1n) is 8.19. The number of nitrogens with zero attached hydrogens (tertiary/aromatic N) is 1. The normalized spacial score (nSPS) is 16.3. The summed E-state index contributed by atoms with van der Waals surface area (Å²) >= 11 is 3.48. The van der Waals surface area contributed by atoms with E-state index in [1.807, 2.05) is 42.5 Å². The number of fused-ring (bicyclic) bond motifs is 3. The Bertz CT molecular complexity index is 1050. The first kappa shape index (κ1) is 16.8. The summed E-state index contributed by atoms with van der Waals surface area (Å²) in [5.41, 5.74) is 2.26. The number of halogens is 1. The maximum atomic E-state index is 12.5. The number of hydrogen-bond acceptors (Lipinski definition) is 4. The number of methoxy groups -OCH3 is 1. The van der Waals surface area contributed by atoms with E-state index >= 15 is 0 Å². The molecule has 0 spiro atoms. The van der Waals surface area contributed by atoms with E-state index in [4.69, 9.17) is 9.47 Å². The summed E-state index contributed by atoms with van der Waals surface area (Å²) in [6.07, 6.45) is 0.142. The van der Waals surface area contributed by atoms with E-state index in [1.54, 1.807) is 11.7 Å². The van der Waals surface area contributed by atoms with Crippen molar-refractivity contribution in [3.05, 3.63) is 58.2 Å². The Balaban J connectivity index is 2.06.